The summed E-state index contributed by atoms with van der Waals surface area (Å²) in [5, 5.41) is 20.1. The minimum Gasteiger partial charge on any atom is -0.481 e. The SMILES string of the molecule is CC1C(C(=O)NCCC(=O)O)SC(=NC(=O)c2ccc(C(N)=NCCCC(=O)O)cc2)N1CCc1ccccc1. The molecule has 0 aliphatic carbocycles. The van der Waals surface area contributed by atoms with E-state index in [4.69, 9.17) is 15.9 Å². The number of hydrogen-bond acceptors (Lipinski definition) is 6. The van der Waals surface area contributed by atoms with Gasteiger partial charge in [0.05, 0.1) is 6.42 Å². The molecule has 0 aromatic heterocycles. The Balaban J connectivity index is 1.74. The van der Waals surface area contributed by atoms with E-state index in [1.54, 1.807) is 24.3 Å². The quantitative estimate of drug-likeness (QED) is 0.161. The third kappa shape index (κ3) is 8.94. The molecule has 2 aromatic carbocycles. The first kappa shape index (κ1) is 30.4. The van der Waals surface area contributed by atoms with Gasteiger partial charge in [0, 0.05) is 43.2 Å². The van der Waals surface area contributed by atoms with Crippen LogP contribution >= 0.6 is 11.8 Å². The van der Waals surface area contributed by atoms with Crippen molar-refractivity contribution in [3.63, 3.8) is 0 Å². The fourth-order valence-electron chi connectivity index (χ4n) is 4.02. The topological polar surface area (TPSA) is 175 Å². The molecular formula is C28H33N5O6S. The first-order valence-electron chi connectivity index (χ1n) is 12.9. The molecule has 2 atom stereocenters. The molecule has 40 heavy (non-hydrogen) atoms. The Morgan fingerprint density at radius 1 is 0.975 bits per heavy atom. The molecule has 2 amide bonds. The van der Waals surface area contributed by atoms with Gasteiger partial charge in [-0.15, -0.1) is 0 Å². The van der Waals surface area contributed by atoms with Crippen molar-refractivity contribution in [3.8, 4) is 0 Å². The molecule has 0 bridgehead atoms. The molecular weight excluding hydrogens is 534 g/mol. The number of nitrogens with two attached hydrogens (primary N) is 1. The van der Waals surface area contributed by atoms with Crippen LogP contribution in [-0.4, -0.2) is 80.8 Å². The Morgan fingerprint density at radius 3 is 2.27 bits per heavy atom. The second-order valence-electron chi connectivity index (χ2n) is 9.18. The number of nitrogens with zero attached hydrogens (tertiary/aromatic N) is 3. The van der Waals surface area contributed by atoms with Gasteiger partial charge < -0.3 is 26.2 Å². The Bertz CT molecular complexity index is 1270. The molecule has 1 aliphatic rings. The van der Waals surface area contributed by atoms with Gasteiger partial charge in [-0.2, -0.15) is 4.99 Å². The van der Waals surface area contributed by atoms with Crippen LogP contribution in [0.5, 0.6) is 0 Å². The number of rotatable bonds is 13. The zero-order valence-electron chi connectivity index (χ0n) is 22.2. The van der Waals surface area contributed by atoms with Crippen LogP contribution in [0.25, 0.3) is 0 Å². The van der Waals surface area contributed by atoms with Crippen molar-refractivity contribution in [2.24, 2.45) is 15.7 Å². The van der Waals surface area contributed by atoms with E-state index in [1.807, 2.05) is 42.2 Å². The normalized spacial score (nSPS) is 18.1. The maximum atomic E-state index is 13.1. The zero-order chi connectivity index (χ0) is 29.1. The number of amidine groups is 2. The van der Waals surface area contributed by atoms with Crippen molar-refractivity contribution in [2.45, 2.75) is 43.9 Å². The van der Waals surface area contributed by atoms with Crippen molar-refractivity contribution in [1.29, 1.82) is 0 Å². The van der Waals surface area contributed by atoms with Gasteiger partial charge in [0.15, 0.2) is 5.17 Å². The van der Waals surface area contributed by atoms with Crippen LogP contribution < -0.4 is 11.1 Å². The first-order chi connectivity index (χ1) is 19.2. The number of carboxylic acids is 2. The van der Waals surface area contributed by atoms with Gasteiger partial charge in [0.1, 0.15) is 11.1 Å². The average Bonchev–Trinajstić information content (AvgIpc) is 3.24. The lowest BCUT2D eigenvalue weighted by atomic mass is 10.1. The molecule has 2 aromatic rings. The summed E-state index contributed by atoms with van der Waals surface area (Å²) < 4.78 is 0. The van der Waals surface area contributed by atoms with Crippen molar-refractivity contribution in [2.75, 3.05) is 19.6 Å². The van der Waals surface area contributed by atoms with E-state index >= 15 is 0 Å². The number of aliphatic carboxylic acids is 2. The minimum atomic E-state index is -0.998. The molecule has 2 unspecified atom stereocenters. The molecule has 1 saturated heterocycles. The fraction of sp³-hybridized carbons (Fsp3) is 0.357. The number of carbonyl (C=O) groups excluding carboxylic acids is 2. The molecule has 1 heterocycles. The lowest BCUT2D eigenvalue weighted by Crippen LogP contribution is -2.43. The van der Waals surface area contributed by atoms with Crippen molar-refractivity contribution in [3.05, 3.63) is 71.3 Å². The Hall–Kier alpha value is -4.19. The Labute approximate surface area is 236 Å². The molecule has 0 saturated carbocycles. The maximum absolute atomic E-state index is 13.1. The highest BCUT2D eigenvalue weighted by atomic mass is 32.2. The molecule has 0 radical (unpaired) electrons. The molecule has 5 N–H and O–H groups in total. The molecule has 12 heteroatoms. The van der Waals surface area contributed by atoms with Crippen LogP contribution in [0.15, 0.2) is 64.6 Å². The third-order valence-electron chi connectivity index (χ3n) is 6.24. The monoisotopic (exact) mass is 567 g/mol. The predicted octanol–water partition coefficient (Wildman–Crippen LogP) is 2.39. The van der Waals surface area contributed by atoms with Gasteiger partial charge in [-0.1, -0.05) is 54.2 Å². The summed E-state index contributed by atoms with van der Waals surface area (Å²) in [6.45, 7) is 2.73. The van der Waals surface area contributed by atoms with Gasteiger partial charge in [-0.25, -0.2) is 0 Å². The van der Waals surface area contributed by atoms with Gasteiger partial charge in [0.25, 0.3) is 5.91 Å². The lowest BCUT2D eigenvalue weighted by Gasteiger charge is -2.25. The van der Waals surface area contributed by atoms with Gasteiger partial charge >= 0.3 is 11.9 Å². The molecule has 3 rings (SSSR count). The van der Waals surface area contributed by atoms with E-state index in [2.05, 4.69) is 15.3 Å². The lowest BCUT2D eigenvalue weighted by molar-refractivity contribution is -0.138. The molecule has 212 valence electrons. The van der Waals surface area contributed by atoms with Gasteiger partial charge in [-0.05, 0) is 37.5 Å². The summed E-state index contributed by atoms with van der Waals surface area (Å²) in [5.74, 6) is -2.42. The third-order valence-corrected chi connectivity index (χ3v) is 7.64. The zero-order valence-corrected chi connectivity index (χ0v) is 23.0. The van der Waals surface area contributed by atoms with Crippen LogP contribution in [-0.2, 0) is 20.8 Å². The van der Waals surface area contributed by atoms with Crippen LogP contribution in [0.2, 0.25) is 0 Å². The number of carbonyl (C=O) groups is 4. The van der Waals surface area contributed by atoms with Gasteiger partial charge in [0.2, 0.25) is 5.91 Å². The standard InChI is InChI=1S/C28H33N5O6S/c1-18-24(27(39)31-16-13-23(36)37)40-28(33(18)17-14-19-6-3-2-4-7-19)32-26(38)21-11-9-20(10-12-21)25(29)30-15-5-8-22(34)35/h2-4,6-7,9-12,18,24H,5,8,13-17H2,1H3,(H2,29,30)(H,31,39)(H,34,35)(H,36,37). The average molecular weight is 568 g/mol. The summed E-state index contributed by atoms with van der Waals surface area (Å²) >= 11 is 1.19. The number of thioether (sulfide) groups is 1. The minimum absolute atomic E-state index is 0.00834. The van der Waals surface area contributed by atoms with E-state index in [0.717, 1.165) is 5.56 Å². The molecule has 1 fully saturated rings. The number of benzene rings is 2. The number of amides is 2. The van der Waals surface area contributed by atoms with Crippen LogP contribution in [0.4, 0.5) is 0 Å². The van der Waals surface area contributed by atoms with Crippen LogP contribution in [0.1, 0.15) is 47.7 Å². The largest absolute Gasteiger partial charge is 0.481 e. The highest BCUT2D eigenvalue weighted by Gasteiger charge is 2.40. The Kier molecular flexibility index (Phi) is 11.2. The second kappa shape index (κ2) is 14.8. The first-order valence-corrected chi connectivity index (χ1v) is 13.8. The number of nitrogens with one attached hydrogen (secondary N) is 1. The fourth-order valence-corrected chi connectivity index (χ4v) is 5.31. The van der Waals surface area contributed by atoms with Crippen molar-refractivity contribution < 1.29 is 29.4 Å². The molecule has 0 spiro atoms. The summed E-state index contributed by atoms with van der Waals surface area (Å²) in [4.78, 5) is 57.9. The van der Waals surface area contributed by atoms with E-state index in [1.165, 1.54) is 11.8 Å². The molecule has 11 nitrogen and oxygen atoms in total. The second-order valence-corrected chi connectivity index (χ2v) is 10.3. The van der Waals surface area contributed by atoms with Crippen molar-refractivity contribution >= 4 is 46.5 Å². The highest BCUT2D eigenvalue weighted by molar-refractivity contribution is 8.15. The van der Waals surface area contributed by atoms with Crippen LogP contribution in [0.3, 0.4) is 0 Å². The van der Waals surface area contributed by atoms with E-state index in [-0.39, 0.29) is 43.7 Å². The van der Waals surface area contributed by atoms with Gasteiger partial charge in [-0.3, -0.25) is 24.2 Å². The van der Waals surface area contributed by atoms with E-state index in [9.17, 15) is 19.2 Å². The summed E-state index contributed by atoms with van der Waals surface area (Å²) in [5.41, 5.74) is 8.03. The highest BCUT2D eigenvalue weighted by Crippen LogP contribution is 2.32. The molecule has 1 aliphatic heterocycles. The maximum Gasteiger partial charge on any atom is 0.305 e. The predicted molar refractivity (Wildman–Crippen MR) is 154 cm³/mol. The van der Waals surface area contributed by atoms with E-state index < -0.39 is 23.1 Å². The number of aliphatic imine (C=N–C) groups is 2. The summed E-state index contributed by atoms with van der Waals surface area (Å²) in [6, 6.07) is 16.1. The number of hydrogen-bond donors (Lipinski definition) is 4. The van der Waals surface area contributed by atoms with E-state index in [0.29, 0.717) is 35.7 Å². The summed E-state index contributed by atoms with van der Waals surface area (Å²) in [6.07, 6.45) is 0.891. The smallest absolute Gasteiger partial charge is 0.305 e. The summed E-state index contributed by atoms with van der Waals surface area (Å²) in [7, 11) is 0. The van der Waals surface area contributed by atoms with Crippen LogP contribution in [0, 0.1) is 0 Å². The number of carboxylic acid groups (broad SMARTS) is 2. The van der Waals surface area contributed by atoms with Crippen molar-refractivity contribution in [1.82, 2.24) is 10.2 Å². The Morgan fingerprint density at radius 2 is 1.62 bits per heavy atom.